The normalized spacial score (nSPS) is 11.4. The molecule has 5 aromatic rings. The number of nitrogens with two attached hydrogens (primary N) is 1. The van der Waals surface area contributed by atoms with E-state index in [1.54, 1.807) is 6.20 Å². The van der Waals surface area contributed by atoms with Crippen molar-refractivity contribution in [1.29, 1.82) is 0 Å². The molecule has 0 radical (unpaired) electrons. The fourth-order valence-electron chi connectivity index (χ4n) is 3.15. The average molecular weight is 406 g/mol. The van der Waals surface area contributed by atoms with Gasteiger partial charge in [0, 0.05) is 50.5 Å². The van der Waals surface area contributed by atoms with Crippen LogP contribution in [0.15, 0.2) is 53.4 Å². The van der Waals surface area contributed by atoms with Gasteiger partial charge in [0.2, 0.25) is 5.95 Å². The first-order valence-electron chi connectivity index (χ1n) is 7.90. The average Bonchev–Trinajstić information content (AvgIpc) is 3.25. The Kier molecular flexibility index (Phi) is 3.26. The molecule has 4 aromatic heterocycles. The van der Waals surface area contributed by atoms with Crippen LogP contribution < -0.4 is 5.73 Å². The number of H-pyrrole nitrogens is 2. The molecule has 5 rings (SSSR count). The number of rotatable bonds is 2. The minimum Gasteiger partial charge on any atom is -0.366 e. The van der Waals surface area contributed by atoms with Crippen molar-refractivity contribution in [2.75, 3.05) is 5.73 Å². The number of nitrogen functional groups attached to an aromatic ring is 1. The summed E-state index contributed by atoms with van der Waals surface area (Å²) in [6.45, 7) is 0. The van der Waals surface area contributed by atoms with Gasteiger partial charge >= 0.3 is 0 Å². The molecule has 0 saturated carbocycles. The predicted octanol–water partition coefficient (Wildman–Crippen LogP) is 3.91. The van der Waals surface area contributed by atoms with Crippen molar-refractivity contribution >= 4 is 43.8 Å². The van der Waals surface area contributed by atoms with Gasteiger partial charge in [-0.05, 0) is 30.3 Å². The summed E-state index contributed by atoms with van der Waals surface area (Å²) in [5.74, 6) is 0.131. The predicted molar refractivity (Wildman–Crippen MR) is 104 cm³/mol. The third-order valence-corrected chi connectivity index (χ3v) is 4.80. The summed E-state index contributed by atoms with van der Waals surface area (Å²) >= 11 is 3.53. The zero-order chi connectivity index (χ0) is 17.7. The lowest BCUT2D eigenvalue weighted by molar-refractivity contribution is 0.999. The number of benzene rings is 1. The van der Waals surface area contributed by atoms with Crippen molar-refractivity contribution in [1.82, 2.24) is 30.1 Å². The van der Waals surface area contributed by atoms with E-state index < -0.39 is 0 Å². The molecule has 0 atom stereocenters. The molecule has 0 unspecified atom stereocenters. The highest BCUT2D eigenvalue weighted by Gasteiger charge is 2.19. The molecule has 8 heteroatoms. The molecule has 0 aliphatic heterocycles. The maximum absolute atomic E-state index is 5.85. The van der Waals surface area contributed by atoms with E-state index >= 15 is 0 Å². The SMILES string of the molecule is Nc1nnc(-c2c[nH]c3ncccc23)c(-c2c[nH]c3ccc(Br)cc23)n1. The summed E-state index contributed by atoms with van der Waals surface area (Å²) in [7, 11) is 0. The van der Waals surface area contributed by atoms with Crippen LogP contribution in [-0.4, -0.2) is 30.1 Å². The second-order valence-electron chi connectivity index (χ2n) is 5.86. The van der Waals surface area contributed by atoms with Gasteiger partial charge in [0.05, 0.1) is 0 Å². The Morgan fingerprint density at radius 1 is 0.923 bits per heavy atom. The Bertz CT molecular complexity index is 1270. The molecule has 0 saturated heterocycles. The Morgan fingerprint density at radius 3 is 2.69 bits per heavy atom. The maximum atomic E-state index is 5.85. The number of pyridine rings is 1. The number of aromatic nitrogens is 6. The van der Waals surface area contributed by atoms with Gasteiger partial charge in [-0.2, -0.15) is 0 Å². The van der Waals surface area contributed by atoms with E-state index in [9.17, 15) is 0 Å². The minimum atomic E-state index is 0.131. The minimum absolute atomic E-state index is 0.131. The highest BCUT2D eigenvalue weighted by atomic mass is 79.9. The molecular weight excluding hydrogens is 394 g/mol. The van der Waals surface area contributed by atoms with Crippen LogP contribution in [0, 0.1) is 0 Å². The number of aromatic amines is 2. The van der Waals surface area contributed by atoms with Gasteiger partial charge in [0.1, 0.15) is 17.0 Å². The summed E-state index contributed by atoms with van der Waals surface area (Å²) in [6.07, 6.45) is 5.53. The quantitative estimate of drug-likeness (QED) is 0.412. The molecule has 4 N–H and O–H groups in total. The van der Waals surface area contributed by atoms with Crippen LogP contribution in [0.25, 0.3) is 44.5 Å². The summed E-state index contributed by atoms with van der Waals surface area (Å²) in [5, 5.41) is 10.3. The summed E-state index contributed by atoms with van der Waals surface area (Å²) < 4.78 is 0.985. The molecule has 26 heavy (non-hydrogen) atoms. The van der Waals surface area contributed by atoms with Gasteiger partial charge in [-0.3, -0.25) is 0 Å². The Morgan fingerprint density at radius 2 is 1.77 bits per heavy atom. The lowest BCUT2D eigenvalue weighted by Crippen LogP contribution is -2.02. The van der Waals surface area contributed by atoms with Crippen molar-refractivity contribution in [3.05, 3.63) is 53.4 Å². The fourth-order valence-corrected chi connectivity index (χ4v) is 3.51. The smallest absolute Gasteiger partial charge is 0.240 e. The number of hydrogen-bond acceptors (Lipinski definition) is 5. The molecule has 1 aromatic carbocycles. The van der Waals surface area contributed by atoms with Crippen molar-refractivity contribution in [3.8, 4) is 22.5 Å². The van der Waals surface area contributed by atoms with E-state index in [1.807, 2.05) is 42.7 Å². The van der Waals surface area contributed by atoms with E-state index in [0.29, 0.717) is 11.4 Å². The van der Waals surface area contributed by atoms with Gasteiger partial charge in [0.15, 0.2) is 0 Å². The van der Waals surface area contributed by atoms with Gasteiger partial charge in [-0.1, -0.05) is 15.9 Å². The number of anilines is 1. The second kappa shape index (κ2) is 5.63. The number of halogens is 1. The van der Waals surface area contributed by atoms with E-state index in [0.717, 1.165) is 37.5 Å². The van der Waals surface area contributed by atoms with Crippen LogP contribution in [0.4, 0.5) is 5.95 Å². The number of fused-ring (bicyclic) bond motifs is 2. The molecule has 0 fully saturated rings. The van der Waals surface area contributed by atoms with Gasteiger partial charge in [-0.25, -0.2) is 9.97 Å². The highest BCUT2D eigenvalue weighted by Crippen LogP contribution is 2.36. The number of nitrogens with zero attached hydrogens (tertiary/aromatic N) is 4. The zero-order valence-electron chi connectivity index (χ0n) is 13.4. The Labute approximate surface area is 155 Å². The molecular formula is C18H12BrN7. The lowest BCUT2D eigenvalue weighted by atomic mass is 10.0. The lowest BCUT2D eigenvalue weighted by Gasteiger charge is -2.06. The fraction of sp³-hybridized carbons (Fsp3) is 0. The maximum Gasteiger partial charge on any atom is 0.240 e. The van der Waals surface area contributed by atoms with Crippen molar-refractivity contribution in [2.24, 2.45) is 0 Å². The number of hydrogen-bond donors (Lipinski definition) is 3. The van der Waals surface area contributed by atoms with Crippen LogP contribution in [0.2, 0.25) is 0 Å². The molecule has 0 spiro atoms. The van der Waals surface area contributed by atoms with Crippen molar-refractivity contribution in [2.45, 2.75) is 0 Å². The van der Waals surface area contributed by atoms with Crippen LogP contribution in [-0.2, 0) is 0 Å². The van der Waals surface area contributed by atoms with Gasteiger partial charge in [0.25, 0.3) is 0 Å². The molecule has 0 bridgehead atoms. The molecule has 0 aliphatic carbocycles. The summed E-state index contributed by atoms with van der Waals surface area (Å²) in [5.41, 5.74) is 10.8. The van der Waals surface area contributed by atoms with Crippen LogP contribution in [0.5, 0.6) is 0 Å². The van der Waals surface area contributed by atoms with Crippen molar-refractivity contribution in [3.63, 3.8) is 0 Å². The van der Waals surface area contributed by atoms with E-state index in [1.165, 1.54) is 0 Å². The monoisotopic (exact) mass is 405 g/mol. The molecule has 7 nitrogen and oxygen atoms in total. The third kappa shape index (κ3) is 2.26. The van der Waals surface area contributed by atoms with Crippen molar-refractivity contribution < 1.29 is 0 Å². The van der Waals surface area contributed by atoms with E-state index in [2.05, 4.69) is 46.1 Å². The molecule has 126 valence electrons. The standard InChI is InChI=1S/C18H12BrN7/c19-9-3-4-14-11(6-9)13(7-22-14)15-16(25-26-18(20)24-15)12-8-23-17-10(12)2-1-5-21-17/h1-8,22H,(H,21,23)(H2,20,24,26). The van der Waals surface area contributed by atoms with Gasteiger partial charge < -0.3 is 15.7 Å². The van der Waals surface area contributed by atoms with Gasteiger partial charge in [-0.15, -0.1) is 10.2 Å². The zero-order valence-corrected chi connectivity index (χ0v) is 14.9. The number of nitrogens with one attached hydrogen (secondary N) is 2. The van der Waals surface area contributed by atoms with Crippen LogP contribution >= 0.6 is 15.9 Å². The van der Waals surface area contributed by atoms with Crippen LogP contribution in [0.1, 0.15) is 0 Å². The Balaban J connectivity index is 1.82. The first kappa shape index (κ1) is 15.0. The van der Waals surface area contributed by atoms with E-state index in [4.69, 9.17) is 5.73 Å². The first-order chi connectivity index (χ1) is 12.7. The Hall–Kier alpha value is -3.26. The molecule has 4 heterocycles. The second-order valence-corrected chi connectivity index (χ2v) is 6.78. The molecule has 0 amide bonds. The topological polar surface area (TPSA) is 109 Å². The van der Waals surface area contributed by atoms with Crippen LogP contribution in [0.3, 0.4) is 0 Å². The first-order valence-corrected chi connectivity index (χ1v) is 8.69. The largest absolute Gasteiger partial charge is 0.366 e. The summed E-state index contributed by atoms with van der Waals surface area (Å²) in [4.78, 5) is 15.3. The molecule has 0 aliphatic rings. The van der Waals surface area contributed by atoms with E-state index in [-0.39, 0.29) is 5.95 Å². The highest BCUT2D eigenvalue weighted by molar-refractivity contribution is 9.10. The third-order valence-electron chi connectivity index (χ3n) is 4.31. The summed E-state index contributed by atoms with van der Waals surface area (Å²) in [6, 6.07) is 9.92.